The monoisotopic (exact) mass is 250 g/mol. The molecule has 0 bridgehead atoms. The lowest BCUT2D eigenvalue weighted by molar-refractivity contribution is -0.133. The summed E-state index contributed by atoms with van der Waals surface area (Å²) in [4.78, 5) is 13.9. The Morgan fingerprint density at radius 1 is 1.38 bits per heavy atom. The number of hydrogen-bond donors (Lipinski definition) is 2. The minimum Gasteiger partial charge on any atom is -0.392 e. The van der Waals surface area contributed by atoms with Crippen LogP contribution in [-0.2, 0) is 4.79 Å². The van der Waals surface area contributed by atoms with Gasteiger partial charge in [0.25, 0.3) is 0 Å². The molecule has 0 radical (unpaired) electrons. The van der Waals surface area contributed by atoms with E-state index in [-0.39, 0.29) is 30.5 Å². The predicted molar refractivity (Wildman–Crippen MR) is 66.8 cm³/mol. The van der Waals surface area contributed by atoms with Crippen molar-refractivity contribution in [2.24, 2.45) is 0 Å². The summed E-state index contributed by atoms with van der Waals surface area (Å²) in [6.45, 7) is 6.34. The zero-order chi connectivity index (χ0) is 11.3. The molecule has 2 atom stereocenters. The maximum atomic E-state index is 12.0. The second kappa shape index (κ2) is 7.87. The summed E-state index contributed by atoms with van der Waals surface area (Å²) in [6, 6.07) is -0.168. The highest BCUT2D eigenvalue weighted by molar-refractivity contribution is 5.85. The van der Waals surface area contributed by atoms with Crippen LogP contribution in [0.3, 0.4) is 0 Å². The zero-order valence-electron chi connectivity index (χ0n) is 10.1. The Hall–Kier alpha value is -0.320. The number of nitrogens with one attached hydrogen (secondary N) is 1. The standard InChI is InChI=1S/C11H22N2O2.ClH/c1-3-5-13(6-4-2)11(15)10-7-9(14)8-12-10;/h9-10,12,14H,3-8H2,1-2H3;1H/t9-,10+;/m0./s1. The first-order valence-corrected chi connectivity index (χ1v) is 5.89. The lowest BCUT2D eigenvalue weighted by Gasteiger charge is -2.24. The van der Waals surface area contributed by atoms with Gasteiger partial charge in [-0.25, -0.2) is 0 Å². The van der Waals surface area contributed by atoms with Crippen LogP contribution in [-0.4, -0.2) is 47.7 Å². The van der Waals surface area contributed by atoms with Crippen LogP contribution in [0.1, 0.15) is 33.1 Å². The van der Waals surface area contributed by atoms with Crippen LogP contribution in [0.25, 0.3) is 0 Å². The lowest BCUT2D eigenvalue weighted by atomic mass is 10.1. The molecule has 0 aromatic carbocycles. The normalized spacial score (nSPS) is 23.9. The number of rotatable bonds is 5. The van der Waals surface area contributed by atoms with Gasteiger partial charge in [0.15, 0.2) is 0 Å². The highest BCUT2D eigenvalue weighted by Gasteiger charge is 2.30. The molecule has 1 aliphatic rings. The molecule has 1 rings (SSSR count). The van der Waals surface area contributed by atoms with Gasteiger partial charge in [0.05, 0.1) is 12.1 Å². The molecular weight excluding hydrogens is 228 g/mol. The summed E-state index contributed by atoms with van der Waals surface area (Å²) < 4.78 is 0. The van der Waals surface area contributed by atoms with Crippen molar-refractivity contribution in [3.8, 4) is 0 Å². The van der Waals surface area contributed by atoms with Gasteiger partial charge in [0.2, 0.25) is 5.91 Å². The van der Waals surface area contributed by atoms with E-state index >= 15 is 0 Å². The van der Waals surface area contributed by atoms with Crippen molar-refractivity contribution in [1.82, 2.24) is 10.2 Å². The van der Waals surface area contributed by atoms with Crippen LogP contribution in [0.5, 0.6) is 0 Å². The van der Waals surface area contributed by atoms with Crippen molar-refractivity contribution in [2.75, 3.05) is 19.6 Å². The molecule has 0 spiro atoms. The third-order valence-electron chi connectivity index (χ3n) is 2.70. The van der Waals surface area contributed by atoms with Gasteiger partial charge in [0, 0.05) is 19.6 Å². The van der Waals surface area contributed by atoms with Gasteiger partial charge in [-0.1, -0.05) is 13.8 Å². The number of hydrogen-bond acceptors (Lipinski definition) is 3. The minimum atomic E-state index is -0.357. The average molecular weight is 251 g/mol. The molecule has 1 amide bonds. The van der Waals surface area contributed by atoms with E-state index in [0.29, 0.717) is 13.0 Å². The van der Waals surface area contributed by atoms with Gasteiger partial charge in [0.1, 0.15) is 0 Å². The van der Waals surface area contributed by atoms with Crippen LogP contribution in [0.15, 0.2) is 0 Å². The quantitative estimate of drug-likeness (QED) is 0.758. The van der Waals surface area contributed by atoms with Crippen LogP contribution in [0.2, 0.25) is 0 Å². The molecule has 1 fully saturated rings. The Balaban J connectivity index is 0.00000225. The second-order valence-corrected chi connectivity index (χ2v) is 4.18. The molecule has 5 heteroatoms. The number of carbonyl (C=O) groups is 1. The number of aliphatic hydroxyl groups excluding tert-OH is 1. The SMILES string of the molecule is CCCN(CCC)C(=O)[C@H]1C[C@H](O)CN1.Cl. The first-order chi connectivity index (χ1) is 7.19. The number of aliphatic hydroxyl groups is 1. The fraction of sp³-hybridized carbons (Fsp3) is 0.909. The molecule has 0 aromatic heterocycles. The lowest BCUT2D eigenvalue weighted by Crippen LogP contribution is -2.44. The minimum absolute atomic E-state index is 0. The average Bonchev–Trinajstić information content (AvgIpc) is 2.63. The van der Waals surface area contributed by atoms with Crippen LogP contribution in [0.4, 0.5) is 0 Å². The number of halogens is 1. The van der Waals surface area contributed by atoms with E-state index < -0.39 is 0 Å². The van der Waals surface area contributed by atoms with Gasteiger partial charge >= 0.3 is 0 Å². The zero-order valence-corrected chi connectivity index (χ0v) is 10.9. The first-order valence-electron chi connectivity index (χ1n) is 5.89. The Morgan fingerprint density at radius 2 is 1.94 bits per heavy atom. The molecule has 1 aliphatic heterocycles. The molecule has 0 aliphatic carbocycles. The van der Waals surface area contributed by atoms with Crippen LogP contribution >= 0.6 is 12.4 Å². The van der Waals surface area contributed by atoms with Crippen molar-refractivity contribution < 1.29 is 9.90 Å². The van der Waals surface area contributed by atoms with E-state index in [0.717, 1.165) is 25.9 Å². The van der Waals surface area contributed by atoms with Crippen molar-refractivity contribution in [1.29, 1.82) is 0 Å². The van der Waals surface area contributed by atoms with E-state index in [2.05, 4.69) is 19.2 Å². The molecular formula is C11H23ClN2O2. The number of β-amino-alcohol motifs (C(OH)–C–C–N with tert-alkyl or cyclic N) is 1. The van der Waals surface area contributed by atoms with E-state index in [1.165, 1.54) is 0 Å². The summed E-state index contributed by atoms with van der Waals surface area (Å²) in [5.74, 6) is 0.148. The molecule has 96 valence electrons. The third kappa shape index (κ3) is 4.28. The van der Waals surface area contributed by atoms with E-state index in [4.69, 9.17) is 0 Å². The maximum absolute atomic E-state index is 12.0. The van der Waals surface area contributed by atoms with Crippen molar-refractivity contribution in [2.45, 2.75) is 45.3 Å². The van der Waals surface area contributed by atoms with Crippen molar-refractivity contribution >= 4 is 18.3 Å². The first kappa shape index (κ1) is 15.7. The summed E-state index contributed by atoms with van der Waals surface area (Å²) in [6.07, 6.45) is 2.18. The molecule has 4 nitrogen and oxygen atoms in total. The van der Waals surface area contributed by atoms with Gasteiger partial charge in [-0.15, -0.1) is 12.4 Å². The van der Waals surface area contributed by atoms with E-state index in [9.17, 15) is 9.90 Å². The summed E-state index contributed by atoms with van der Waals surface area (Å²) in [7, 11) is 0. The van der Waals surface area contributed by atoms with Crippen LogP contribution < -0.4 is 5.32 Å². The van der Waals surface area contributed by atoms with Gasteiger partial charge in [-0.3, -0.25) is 4.79 Å². The molecule has 0 aromatic rings. The smallest absolute Gasteiger partial charge is 0.239 e. The number of amides is 1. The molecule has 0 unspecified atom stereocenters. The van der Waals surface area contributed by atoms with Crippen molar-refractivity contribution in [3.05, 3.63) is 0 Å². The van der Waals surface area contributed by atoms with Gasteiger partial charge in [-0.2, -0.15) is 0 Å². The van der Waals surface area contributed by atoms with Crippen molar-refractivity contribution in [3.63, 3.8) is 0 Å². The van der Waals surface area contributed by atoms with Crippen LogP contribution in [0, 0.1) is 0 Å². The van der Waals surface area contributed by atoms with E-state index in [1.807, 2.05) is 4.90 Å². The van der Waals surface area contributed by atoms with Gasteiger partial charge in [-0.05, 0) is 19.3 Å². The number of nitrogens with zero attached hydrogens (tertiary/aromatic N) is 1. The fourth-order valence-corrected chi connectivity index (χ4v) is 2.00. The Bertz CT molecular complexity index is 208. The molecule has 0 saturated carbocycles. The molecule has 16 heavy (non-hydrogen) atoms. The third-order valence-corrected chi connectivity index (χ3v) is 2.70. The van der Waals surface area contributed by atoms with E-state index in [1.54, 1.807) is 0 Å². The highest BCUT2D eigenvalue weighted by Crippen LogP contribution is 2.10. The summed E-state index contributed by atoms with van der Waals surface area (Å²) in [5.41, 5.74) is 0. The molecule has 2 N–H and O–H groups in total. The largest absolute Gasteiger partial charge is 0.392 e. The Morgan fingerprint density at radius 3 is 2.31 bits per heavy atom. The topological polar surface area (TPSA) is 52.6 Å². The van der Waals surface area contributed by atoms with Gasteiger partial charge < -0.3 is 15.3 Å². The summed E-state index contributed by atoms with van der Waals surface area (Å²) >= 11 is 0. The second-order valence-electron chi connectivity index (χ2n) is 4.18. The fourth-order valence-electron chi connectivity index (χ4n) is 2.00. The predicted octanol–water partition coefficient (Wildman–Crippen LogP) is 0.780. The molecule has 1 saturated heterocycles. The maximum Gasteiger partial charge on any atom is 0.239 e. The highest BCUT2D eigenvalue weighted by atomic mass is 35.5. The molecule has 1 heterocycles. The Kier molecular flexibility index (Phi) is 7.72. The Labute approximate surface area is 104 Å². The summed E-state index contributed by atoms with van der Waals surface area (Å²) in [5, 5.41) is 12.4. The number of carbonyl (C=O) groups excluding carboxylic acids is 1.